The summed E-state index contributed by atoms with van der Waals surface area (Å²) >= 11 is 1.84. The van der Waals surface area contributed by atoms with Gasteiger partial charge in [-0.15, -0.1) is 11.3 Å². The van der Waals surface area contributed by atoms with E-state index in [-0.39, 0.29) is 5.91 Å². The van der Waals surface area contributed by atoms with E-state index >= 15 is 0 Å². The molecule has 0 saturated carbocycles. The molecule has 0 aliphatic carbocycles. The molecule has 0 spiro atoms. The van der Waals surface area contributed by atoms with Crippen LogP contribution >= 0.6 is 11.3 Å². The van der Waals surface area contributed by atoms with Crippen molar-refractivity contribution in [2.45, 2.75) is 25.8 Å². The van der Waals surface area contributed by atoms with Crippen molar-refractivity contribution in [2.24, 2.45) is 0 Å². The molecule has 4 heterocycles. The fraction of sp³-hybridized carbons (Fsp3) is 0.217. The molecular weight excluding hydrogens is 380 g/mol. The van der Waals surface area contributed by atoms with E-state index in [1.807, 2.05) is 47.9 Å². The summed E-state index contributed by atoms with van der Waals surface area (Å²) in [4.78, 5) is 24.0. The van der Waals surface area contributed by atoms with Gasteiger partial charge in [-0.25, -0.2) is 4.98 Å². The average Bonchev–Trinajstić information content (AvgIpc) is 3.39. The monoisotopic (exact) mass is 402 g/mol. The first-order valence-corrected chi connectivity index (χ1v) is 10.8. The highest BCUT2D eigenvalue weighted by Gasteiger charge is 2.18. The third kappa shape index (κ3) is 3.76. The van der Waals surface area contributed by atoms with Crippen molar-refractivity contribution < 1.29 is 4.79 Å². The maximum atomic E-state index is 12.4. The van der Waals surface area contributed by atoms with Gasteiger partial charge in [-0.3, -0.25) is 4.79 Å². The highest BCUT2D eigenvalue weighted by molar-refractivity contribution is 7.10. The summed E-state index contributed by atoms with van der Waals surface area (Å²) in [6.45, 7) is 1.89. The summed E-state index contributed by atoms with van der Waals surface area (Å²) in [5.41, 5.74) is 4.42. The number of para-hydroxylation sites is 1. The molecule has 1 aliphatic rings. The number of pyridine rings is 1. The summed E-state index contributed by atoms with van der Waals surface area (Å²) in [6, 6.07) is 14.3. The Morgan fingerprint density at radius 3 is 3.03 bits per heavy atom. The summed E-state index contributed by atoms with van der Waals surface area (Å²) in [5, 5.41) is 6.31. The fourth-order valence-corrected chi connectivity index (χ4v) is 4.79. The molecular formula is C23H22N4OS. The van der Waals surface area contributed by atoms with Crippen LogP contribution in [0.5, 0.6) is 0 Å². The maximum Gasteiger partial charge on any atom is 0.224 e. The van der Waals surface area contributed by atoms with E-state index in [0.717, 1.165) is 36.5 Å². The van der Waals surface area contributed by atoms with Gasteiger partial charge in [-0.2, -0.15) is 0 Å². The molecule has 146 valence electrons. The van der Waals surface area contributed by atoms with Crippen LogP contribution in [0.15, 0.2) is 60.2 Å². The highest BCUT2D eigenvalue weighted by Crippen LogP contribution is 2.27. The third-order valence-electron chi connectivity index (χ3n) is 5.46. The second-order valence-electron chi connectivity index (χ2n) is 7.35. The smallest absolute Gasteiger partial charge is 0.224 e. The third-order valence-corrected chi connectivity index (χ3v) is 6.48. The molecule has 0 bridgehead atoms. The molecule has 0 fully saturated rings. The van der Waals surface area contributed by atoms with Crippen LogP contribution in [0.25, 0.3) is 10.9 Å². The molecule has 1 amide bonds. The fourth-order valence-electron chi connectivity index (χ4n) is 3.90. The Bertz CT molecular complexity index is 1150. The number of aromatic amines is 1. The minimum Gasteiger partial charge on any atom is -0.361 e. The van der Waals surface area contributed by atoms with Gasteiger partial charge in [-0.1, -0.05) is 18.2 Å². The second-order valence-corrected chi connectivity index (χ2v) is 8.35. The molecule has 1 aliphatic heterocycles. The van der Waals surface area contributed by atoms with Crippen molar-refractivity contribution in [3.8, 4) is 0 Å². The number of H-pyrrole nitrogens is 1. The second kappa shape index (κ2) is 7.72. The van der Waals surface area contributed by atoms with Crippen LogP contribution in [0.4, 0.5) is 11.5 Å². The molecule has 2 N–H and O–H groups in total. The van der Waals surface area contributed by atoms with Crippen molar-refractivity contribution in [3.05, 3.63) is 76.2 Å². The topological polar surface area (TPSA) is 61.0 Å². The number of benzene rings is 1. The number of aromatic nitrogens is 2. The zero-order valence-corrected chi connectivity index (χ0v) is 16.8. The normalized spacial score (nSPS) is 13.4. The van der Waals surface area contributed by atoms with Crippen molar-refractivity contribution >= 4 is 39.7 Å². The zero-order chi connectivity index (χ0) is 19.6. The van der Waals surface area contributed by atoms with Crippen LogP contribution < -0.4 is 10.2 Å². The van der Waals surface area contributed by atoms with Crippen LogP contribution in [0.1, 0.15) is 22.4 Å². The lowest BCUT2D eigenvalue weighted by Crippen LogP contribution is -2.30. The van der Waals surface area contributed by atoms with Crippen molar-refractivity contribution in [2.75, 3.05) is 16.8 Å². The predicted octanol–water partition coefficient (Wildman–Crippen LogP) is 4.76. The first-order valence-electron chi connectivity index (χ1n) is 9.87. The van der Waals surface area contributed by atoms with E-state index in [1.165, 1.54) is 21.4 Å². The van der Waals surface area contributed by atoms with Gasteiger partial charge in [0, 0.05) is 41.5 Å². The number of hydrogen-bond acceptors (Lipinski definition) is 4. The number of carbonyl (C=O) groups excluding carboxylic acids is 1. The number of nitrogens with zero attached hydrogens (tertiary/aromatic N) is 2. The SMILES string of the molecule is O=C(CCc1c[nH]c2ccccc12)Nc1ccc(N2CCc3sccc3C2)nc1. The van der Waals surface area contributed by atoms with Gasteiger partial charge in [0.15, 0.2) is 0 Å². The minimum absolute atomic E-state index is 0.00529. The standard InChI is InChI=1S/C23H22N4OS/c28-23(8-5-16-13-24-20-4-2-1-3-19(16)20)26-18-6-7-22(25-14-18)27-11-9-21-17(15-27)10-12-29-21/h1-4,6-7,10,12-14,24H,5,8-9,11,15H2,(H,26,28). The van der Waals surface area contributed by atoms with E-state index in [2.05, 4.69) is 37.7 Å². The lowest BCUT2D eigenvalue weighted by molar-refractivity contribution is -0.116. The number of aryl methyl sites for hydroxylation is 1. The number of thiophene rings is 1. The molecule has 1 aromatic carbocycles. The van der Waals surface area contributed by atoms with Crippen molar-refractivity contribution in [1.29, 1.82) is 0 Å². The maximum absolute atomic E-state index is 12.4. The lowest BCUT2D eigenvalue weighted by atomic mass is 10.1. The average molecular weight is 403 g/mol. The minimum atomic E-state index is 0.00529. The molecule has 6 heteroatoms. The molecule has 0 unspecified atom stereocenters. The Morgan fingerprint density at radius 1 is 1.21 bits per heavy atom. The zero-order valence-electron chi connectivity index (χ0n) is 16.0. The van der Waals surface area contributed by atoms with Gasteiger partial charge >= 0.3 is 0 Å². The van der Waals surface area contributed by atoms with Gasteiger partial charge in [0.2, 0.25) is 5.91 Å². The van der Waals surface area contributed by atoms with Crippen LogP contribution in [-0.4, -0.2) is 22.4 Å². The highest BCUT2D eigenvalue weighted by atomic mass is 32.1. The van der Waals surface area contributed by atoms with Crippen molar-refractivity contribution in [3.63, 3.8) is 0 Å². The number of nitrogens with one attached hydrogen (secondary N) is 2. The molecule has 4 aromatic rings. The number of amides is 1. The van der Waals surface area contributed by atoms with Gasteiger partial charge in [0.05, 0.1) is 11.9 Å². The van der Waals surface area contributed by atoms with Gasteiger partial charge in [-0.05, 0) is 53.6 Å². The Morgan fingerprint density at radius 2 is 2.14 bits per heavy atom. The van der Waals surface area contributed by atoms with Crippen LogP contribution in [0, 0.1) is 0 Å². The molecule has 0 atom stereocenters. The number of anilines is 2. The number of hydrogen-bond donors (Lipinski definition) is 2. The summed E-state index contributed by atoms with van der Waals surface area (Å²) in [7, 11) is 0. The number of rotatable bonds is 5. The number of carbonyl (C=O) groups is 1. The number of fused-ring (bicyclic) bond motifs is 2. The molecule has 0 radical (unpaired) electrons. The van der Waals surface area contributed by atoms with E-state index in [9.17, 15) is 4.79 Å². The van der Waals surface area contributed by atoms with Crippen molar-refractivity contribution in [1.82, 2.24) is 9.97 Å². The summed E-state index contributed by atoms with van der Waals surface area (Å²) in [6.07, 6.45) is 5.96. The van der Waals surface area contributed by atoms with E-state index in [1.54, 1.807) is 6.20 Å². The van der Waals surface area contributed by atoms with E-state index in [4.69, 9.17) is 0 Å². The van der Waals surface area contributed by atoms with Crippen LogP contribution in [-0.2, 0) is 24.2 Å². The molecule has 29 heavy (non-hydrogen) atoms. The molecule has 3 aromatic heterocycles. The van der Waals surface area contributed by atoms with E-state index < -0.39 is 0 Å². The first-order chi connectivity index (χ1) is 14.3. The van der Waals surface area contributed by atoms with Crippen LogP contribution in [0.2, 0.25) is 0 Å². The lowest BCUT2D eigenvalue weighted by Gasteiger charge is -2.28. The van der Waals surface area contributed by atoms with Gasteiger partial charge in [0.25, 0.3) is 0 Å². The quantitative estimate of drug-likeness (QED) is 0.506. The molecule has 5 nitrogen and oxygen atoms in total. The Labute approximate surface area is 173 Å². The van der Waals surface area contributed by atoms with Gasteiger partial charge < -0.3 is 15.2 Å². The summed E-state index contributed by atoms with van der Waals surface area (Å²) < 4.78 is 0. The largest absolute Gasteiger partial charge is 0.361 e. The first kappa shape index (κ1) is 17.9. The van der Waals surface area contributed by atoms with E-state index in [0.29, 0.717) is 12.8 Å². The Balaban J connectivity index is 1.18. The van der Waals surface area contributed by atoms with Gasteiger partial charge in [0.1, 0.15) is 5.82 Å². The predicted molar refractivity (Wildman–Crippen MR) is 119 cm³/mol. The molecule has 0 saturated heterocycles. The Hall–Kier alpha value is -3.12. The van der Waals surface area contributed by atoms with Crippen LogP contribution in [0.3, 0.4) is 0 Å². The molecule has 5 rings (SSSR count). The Kier molecular flexibility index (Phi) is 4.77. The summed E-state index contributed by atoms with van der Waals surface area (Å²) in [5.74, 6) is 0.962.